The Balaban J connectivity index is 1.51. The van der Waals surface area contributed by atoms with Gasteiger partial charge in [-0.05, 0) is 50.8 Å². The first-order valence-electron chi connectivity index (χ1n) is 13.1. The molecule has 0 amide bonds. The van der Waals surface area contributed by atoms with E-state index in [1.807, 2.05) is 12.4 Å². The summed E-state index contributed by atoms with van der Waals surface area (Å²) >= 11 is 0. The Kier molecular flexibility index (Phi) is 9.25. The fourth-order valence-corrected chi connectivity index (χ4v) is 4.84. The molecule has 2 aromatic heterocycles. The maximum atomic E-state index is 9.90. The monoisotopic (exact) mass is 483 g/mol. The van der Waals surface area contributed by atoms with Crippen LogP contribution < -0.4 is 10.6 Å². The summed E-state index contributed by atoms with van der Waals surface area (Å²) in [7, 11) is 2.17. The number of aromatic nitrogens is 3. The summed E-state index contributed by atoms with van der Waals surface area (Å²) in [6.45, 7) is 7.42. The highest BCUT2D eigenvalue weighted by Gasteiger charge is 2.22. The summed E-state index contributed by atoms with van der Waals surface area (Å²) in [5.74, 6) is 1.25. The Labute approximate surface area is 209 Å². The molecule has 4 rings (SSSR count). The van der Waals surface area contributed by atoms with E-state index >= 15 is 0 Å². The molecule has 35 heavy (non-hydrogen) atoms. The number of aliphatic hydroxyl groups is 2. The van der Waals surface area contributed by atoms with Gasteiger partial charge in [0.2, 0.25) is 5.95 Å². The molecule has 1 saturated carbocycles. The minimum atomic E-state index is -0.205. The third-order valence-corrected chi connectivity index (χ3v) is 7.12. The molecule has 2 fully saturated rings. The van der Waals surface area contributed by atoms with Gasteiger partial charge in [0.25, 0.3) is 0 Å². The van der Waals surface area contributed by atoms with Crippen LogP contribution in [0.2, 0.25) is 0 Å². The lowest BCUT2D eigenvalue weighted by Crippen LogP contribution is -2.43. The molecule has 0 aromatic carbocycles. The SMILES string of the molecule is CCC[C@H](CO)Nc1ncc(-c2ccc(CN3CCN(C)CC3)cn2)c(N[C@H]2CC[C@H](O)CC2)n1. The second kappa shape index (κ2) is 12.6. The number of pyridine rings is 1. The first kappa shape index (κ1) is 25.8. The van der Waals surface area contributed by atoms with Gasteiger partial charge in [0.15, 0.2) is 0 Å². The van der Waals surface area contributed by atoms with Crippen molar-refractivity contribution in [1.82, 2.24) is 24.8 Å². The van der Waals surface area contributed by atoms with Crippen LogP contribution >= 0.6 is 0 Å². The van der Waals surface area contributed by atoms with Gasteiger partial charge in [-0.1, -0.05) is 19.4 Å². The number of anilines is 2. The predicted octanol–water partition coefficient (Wildman–Crippen LogP) is 2.57. The van der Waals surface area contributed by atoms with Gasteiger partial charge in [0.05, 0.1) is 30.0 Å². The summed E-state index contributed by atoms with van der Waals surface area (Å²) in [5.41, 5.74) is 2.91. The lowest BCUT2D eigenvalue weighted by molar-refractivity contribution is 0.126. The molecule has 2 aromatic rings. The van der Waals surface area contributed by atoms with E-state index in [1.54, 1.807) is 0 Å². The van der Waals surface area contributed by atoms with E-state index in [-0.39, 0.29) is 24.8 Å². The number of aliphatic hydroxyl groups excluding tert-OH is 2. The first-order valence-corrected chi connectivity index (χ1v) is 13.1. The van der Waals surface area contributed by atoms with Gasteiger partial charge in [-0.2, -0.15) is 4.98 Å². The molecule has 2 aliphatic rings. The first-order chi connectivity index (χ1) is 17.0. The van der Waals surface area contributed by atoms with Gasteiger partial charge in [0.1, 0.15) is 5.82 Å². The van der Waals surface area contributed by atoms with Crippen LogP contribution in [0.5, 0.6) is 0 Å². The molecule has 4 N–H and O–H groups in total. The van der Waals surface area contributed by atoms with Crippen molar-refractivity contribution in [1.29, 1.82) is 0 Å². The highest BCUT2D eigenvalue weighted by atomic mass is 16.3. The summed E-state index contributed by atoms with van der Waals surface area (Å²) in [6, 6.07) is 4.38. The van der Waals surface area contributed by atoms with Crippen LogP contribution in [0.15, 0.2) is 24.5 Å². The third-order valence-electron chi connectivity index (χ3n) is 7.12. The fourth-order valence-electron chi connectivity index (χ4n) is 4.84. The zero-order valence-corrected chi connectivity index (χ0v) is 21.2. The normalized spacial score (nSPS) is 22.6. The lowest BCUT2D eigenvalue weighted by atomic mass is 9.93. The van der Waals surface area contributed by atoms with E-state index in [0.717, 1.165) is 88.3 Å². The zero-order chi connectivity index (χ0) is 24.6. The van der Waals surface area contributed by atoms with E-state index in [2.05, 4.69) is 51.5 Å². The van der Waals surface area contributed by atoms with Crippen molar-refractivity contribution in [3.05, 3.63) is 30.1 Å². The van der Waals surface area contributed by atoms with Crippen molar-refractivity contribution < 1.29 is 10.2 Å². The van der Waals surface area contributed by atoms with Crippen LogP contribution in [0.25, 0.3) is 11.3 Å². The van der Waals surface area contributed by atoms with Gasteiger partial charge < -0.3 is 25.7 Å². The van der Waals surface area contributed by atoms with Crippen molar-refractivity contribution in [2.24, 2.45) is 0 Å². The maximum absolute atomic E-state index is 9.90. The molecule has 1 aliphatic carbocycles. The molecule has 9 nitrogen and oxygen atoms in total. The van der Waals surface area contributed by atoms with Gasteiger partial charge >= 0.3 is 0 Å². The molecule has 1 saturated heterocycles. The summed E-state index contributed by atoms with van der Waals surface area (Å²) in [4.78, 5) is 19.0. The van der Waals surface area contributed by atoms with Crippen LogP contribution in [-0.4, -0.2) is 93.0 Å². The molecule has 0 spiro atoms. The average molecular weight is 484 g/mol. The fraction of sp³-hybridized carbons (Fsp3) is 0.654. The van der Waals surface area contributed by atoms with Gasteiger partial charge in [-0.25, -0.2) is 4.98 Å². The number of hydrogen-bond acceptors (Lipinski definition) is 9. The van der Waals surface area contributed by atoms with E-state index in [9.17, 15) is 10.2 Å². The van der Waals surface area contributed by atoms with Crippen molar-refractivity contribution >= 4 is 11.8 Å². The Morgan fingerprint density at radius 3 is 2.49 bits per heavy atom. The number of nitrogens with one attached hydrogen (secondary N) is 2. The third kappa shape index (κ3) is 7.33. The number of piperazine rings is 1. The molecule has 0 radical (unpaired) electrons. The Hall–Kier alpha value is -2.33. The number of hydrogen-bond donors (Lipinski definition) is 4. The van der Waals surface area contributed by atoms with Crippen LogP contribution in [0.1, 0.15) is 51.0 Å². The summed E-state index contributed by atoms with van der Waals surface area (Å²) in [6.07, 6.45) is 8.79. The number of nitrogens with zero attached hydrogens (tertiary/aromatic N) is 5. The molecule has 3 heterocycles. The minimum Gasteiger partial charge on any atom is -0.394 e. The highest BCUT2D eigenvalue weighted by Crippen LogP contribution is 2.29. The summed E-state index contributed by atoms with van der Waals surface area (Å²) in [5, 5.41) is 26.5. The molecule has 1 aliphatic heterocycles. The van der Waals surface area contributed by atoms with E-state index in [0.29, 0.717) is 5.95 Å². The van der Waals surface area contributed by atoms with Crippen molar-refractivity contribution in [2.75, 3.05) is 50.5 Å². The Bertz CT molecular complexity index is 910. The zero-order valence-electron chi connectivity index (χ0n) is 21.2. The van der Waals surface area contributed by atoms with Gasteiger partial charge in [0, 0.05) is 51.2 Å². The quantitative estimate of drug-likeness (QED) is 0.405. The lowest BCUT2D eigenvalue weighted by Gasteiger charge is -2.32. The Morgan fingerprint density at radius 1 is 1.06 bits per heavy atom. The molecule has 9 heteroatoms. The van der Waals surface area contributed by atoms with Gasteiger partial charge in [-0.3, -0.25) is 9.88 Å². The maximum Gasteiger partial charge on any atom is 0.224 e. The van der Waals surface area contributed by atoms with Crippen molar-refractivity contribution in [3.8, 4) is 11.3 Å². The highest BCUT2D eigenvalue weighted by molar-refractivity contribution is 5.73. The molecule has 1 atom stereocenters. The molecule has 0 unspecified atom stereocenters. The molecule has 0 bridgehead atoms. The average Bonchev–Trinajstić information content (AvgIpc) is 2.87. The van der Waals surface area contributed by atoms with Crippen molar-refractivity contribution in [2.45, 2.75) is 70.2 Å². The minimum absolute atomic E-state index is 0.0402. The van der Waals surface area contributed by atoms with Crippen LogP contribution in [0, 0.1) is 0 Å². The smallest absolute Gasteiger partial charge is 0.224 e. The van der Waals surface area contributed by atoms with Crippen LogP contribution in [-0.2, 0) is 6.54 Å². The molecular formula is C26H41N7O2. The second-order valence-corrected chi connectivity index (χ2v) is 10.0. The number of likely N-dealkylation sites (N-methyl/N-ethyl adjacent to an activating group) is 1. The standard InChI is InChI=1S/C26H41N7O2/c1-3-4-21(18-34)30-26-28-16-23(25(31-26)29-20-6-8-22(35)9-7-20)24-10-5-19(15-27-24)17-33-13-11-32(2)12-14-33/h5,10,15-16,20-22,34-35H,3-4,6-9,11-14,17-18H2,1-2H3,(H2,28,29,30,31)/t20-,21-,22-/m1/s1. The topological polar surface area (TPSA) is 110 Å². The van der Waals surface area contributed by atoms with E-state index in [4.69, 9.17) is 9.97 Å². The molecule has 192 valence electrons. The second-order valence-electron chi connectivity index (χ2n) is 10.0. The van der Waals surface area contributed by atoms with Crippen molar-refractivity contribution in [3.63, 3.8) is 0 Å². The molecular weight excluding hydrogens is 442 g/mol. The van der Waals surface area contributed by atoms with E-state index < -0.39 is 0 Å². The Morgan fingerprint density at radius 2 is 1.83 bits per heavy atom. The number of rotatable bonds is 10. The summed E-state index contributed by atoms with van der Waals surface area (Å²) < 4.78 is 0. The van der Waals surface area contributed by atoms with E-state index in [1.165, 1.54) is 5.56 Å². The predicted molar refractivity (Wildman–Crippen MR) is 139 cm³/mol. The largest absolute Gasteiger partial charge is 0.394 e. The van der Waals surface area contributed by atoms with Gasteiger partial charge in [-0.15, -0.1) is 0 Å². The van der Waals surface area contributed by atoms with Crippen LogP contribution in [0.4, 0.5) is 11.8 Å². The van der Waals surface area contributed by atoms with Crippen LogP contribution in [0.3, 0.4) is 0 Å².